The molecule has 1 heterocycles. The number of phenolic OH excluding ortho intramolecular Hbond substituents is 1. The third-order valence-corrected chi connectivity index (χ3v) is 3.71. The molecule has 0 atom stereocenters. The molecular weight excluding hydrogens is 216 g/mol. The summed E-state index contributed by atoms with van der Waals surface area (Å²) in [6.07, 6.45) is 0.336. The maximum absolute atomic E-state index is 11.9. The van der Waals surface area contributed by atoms with E-state index in [4.69, 9.17) is 4.74 Å². The van der Waals surface area contributed by atoms with E-state index in [1.165, 1.54) is 0 Å². The Morgan fingerprint density at radius 2 is 1.71 bits per heavy atom. The van der Waals surface area contributed by atoms with Crippen molar-refractivity contribution in [2.24, 2.45) is 0 Å². The highest BCUT2D eigenvalue weighted by molar-refractivity contribution is 5.91. The molecule has 0 radical (unpaired) electrons. The van der Waals surface area contributed by atoms with E-state index < -0.39 is 5.60 Å². The SMILES string of the molecule is Cc1c(C)c2c(c(C)c1O)CC(=O)C(C)(C)O2. The van der Waals surface area contributed by atoms with E-state index in [0.717, 1.165) is 28.0 Å². The van der Waals surface area contributed by atoms with Crippen LogP contribution >= 0.6 is 0 Å². The molecule has 0 bridgehead atoms. The van der Waals surface area contributed by atoms with Gasteiger partial charge in [-0.15, -0.1) is 0 Å². The van der Waals surface area contributed by atoms with Gasteiger partial charge in [-0.25, -0.2) is 0 Å². The lowest BCUT2D eigenvalue weighted by Crippen LogP contribution is -2.43. The van der Waals surface area contributed by atoms with E-state index in [1.807, 2.05) is 20.8 Å². The van der Waals surface area contributed by atoms with Crippen molar-refractivity contribution in [2.45, 2.75) is 46.6 Å². The first-order valence-corrected chi connectivity index (χ1v) is 5.79. The van der Waals surface area contributed by atoms with Crippen LogP contribution in [-0.4, -0.2) is 16.5 Å². The molecule has 1 aromatic carbocycles. The van der Waals surface area contributed by atoms with Gasteiger partial charge in [0.15, 0.2) is 11.4 Å². The molecule has 3 heteroatoms. The van der Waals surface area contributed by atoms with Crippen LogP contribution in [0.1, 0.15) is 36.1 Å². The van der Waals surface area contributed by atoms with E-state index in [9.17, 15) is 9.90 Å². The van der Waals surface area contributed by atoms with Crippen molar-refractivity contribution in [3.63, 3.8) is 0 Å². The van der Waals surface area contributed by atoms with Crippen molar-refractivity contribution in [1.29, 1.82) is 0 Å². The number of hydrogen-bond donors (Lipinski definition) is 1. The number of benzene rings is 1. The molecule has 1 aromatic rings. The zero-order chi connectivity index (χ0) is 13.0. The first kappa shape index (κ1) is 12.0. The predicted octanol–water partition coefficient (Wildman–Crippen LogP) is 2.60. The predicted molar refractivity (Wildman–Crippen MR) is 65.7 cm³/mol. The Hall–Kier alpha value is -1.51. The Balaban J connectivity index is 2.71. The van der Waals surface area contributed by atoms with Gasteiger partial charge in [0.1, 0.15) is 11.5 Å². The lowest BCUT2D eigenvalue weighted by Gasteiger charge is -2.33. The highest BCUT2D eigenvalue weighted by atomic mass is 16.5. The monoisotopic (exact) mass is 234 g/mol. The van der Waals surface area contributed by atoms with E-state index in [-0.39, 0.29) is 11.5 Å². The van der Waals surface area contributed by atoms with Crippen LogP contribution in [-0.2, 0) is 11.2 Å². The van der Waals surface area contributed by atoms with Gasteiger partial charge in [0.05, 0.1) is 0 Å². The van der Waals surface area contributed by atoms with Gasteiger partial charge < -0.3 is 9.84 Å². The summed E-state index contributed by atoms with van der Waals surface area (Å²) in [6.45, 7) is 9.18. The fourth-order valence-corrected chi connectivity index (χ4v) is 2.21. The van der Waals surface area contributed by atoms with Gasteiger partial charge in [-0.2, -0.15) is 0 Å². The number of rotatable bonds is 0. The average Bonchev–Trinajstić information content (AvgIpc) is 2.26. The lowest BCUT2D eigenvalue weighted by atomic mass is 9.87. The second-order valence-electron chi connectivity index (χ2n) is 5.24. The molecular formula is C14H18O3. The molecule has 1 N–H and O–H groups in total. The number of carbonyl (C=O) groups excluding carboxylic acids is 1. The van der Waals surface area contributed by atoms with Crippen LogP contribution < -0.4 is 4.74 Å². The Morgan fingerprint density at radius 3 is 2.29 bits per heavy atom. The first-order chi connectivity index (χ1) is 7.75. The highest BCUT2D eigenvalue weighted by Gasteiger charge is 2.37. The quantitative estimate of drug-likeness (QED) is 0.750. The van der Waals surface area contributed by atoms with Crippen LogP contribution in [0.3, 0.4) is 0 Å². The van der Waals surface area contributed by atoms with Gasteiger partial charge >= 0.3 is 0 Å². The average molecular weight is 234 g/mol. The van der Waals surface area contributed by atoms with E-state index in [1.54, 1.807) is 13.8 Å². The van der Waals surface area contributed by atoms with E-state index in [2.05, 4.69) is 0 Å². The molecule has 92 valence electrons. The minimum Gasteiger partial charge on any atom is -0.507 e. The maximum Gasteiger partial charge on any atom is 0.180 e. The second-order valence-corrected chi connectivity index (χ2v) is 5.24. The van der Waals surface area contributed by atoms with Crippen LogP contribution in [0.25, 0.3) is 0 Å². The van der Waals surface area contributed by atoms with Gasteiger partial charge in [-0.05, 0) is 51.3 Å². The largest absolute Gasteiger partial charge is 0.507 e. The van der Waals surface area contributed by atoms with Crippen molar-refractivity contribution in [3.8, 4) is 11.5 Å². The molecule has 0 spiro atoms. The Kier molecular flexibility index (Phi) is 2.45. The van der Waals surface area contributed by atoms with Crippen LogP contribution in [0.4, 0.5) is 0 Å². The topological polar surface area (TPSA) is 46.5 Å². The van der Waals surface area contributed by atoms with Crippen LogP contribution in [0.5, 0.6) is 11.5 Å². The van der Waals surface area contributed by atoms with Crippen molar-refractivity contribution in [1.82, 2.24) is 0 Å². The molecule has 3 nitrogen and oxygen atoms in total. The lowest BCUT2D eigenvalue weighted by molar-refractivity contribution is -0.132. The third-order valence-electron chi connectivity index (χ3n) is 3.71. The molecule has 1 aliphatic rings. The zero-order valence-corrected chi connectivity index (χ0v) is 11.0. The number of phenols is 1. The summed E-state index contributed by atoms with van der Waals surface area (Å²) in [6, 6.07) is 0. The Bertz CT molecular complexity index is 513. The molecule has 17 heavy (non-hydrogen) atoms. The minimum absolute atomic E-state index is 0.0516. The Morgan fingerprint density at radius 1 is 1.12 bits per heavy atom. The first-order valence-electron chi connectivity index (χ1n) is 5.79. The standard InChI is InChI=1S/C14H18O3/c1-7-8(2)13-10(9(3)12(7)16)6-11(15)14(4,5)17-13/h16H,6H2,1-5H3. The molecule has 2 rings (SSSR count). The Labute approximate surface area is 101 Å². The number of ether oxygens (including phenoxy) is 1. The van der Waals surface area contributed by atoms with Crippen molar-refractivity contribution in [3.05, 3.63) is 22.3 Å². The maximum atomic E-state index is 11.9. The number of carbonyl (C=O) groups is 1. The normalized spacial score (nSPS) is 17.6. The van der Waals surface area contributed by atoms with Crippen molar-refractivity contribution >= 4 is 5.78 Å². The molecule has 0 aliphatic carbocycles. The summed E-state index contributed by atoms with van der Waals surface area (Å²) in [7, 11) is 0. The van der Waals surface area contributed by atoms with Crippen LogP contribution in [0.2, 0.25) is 0 Å². The summed E-state index contributed by atoms with van der Waals surface area (Å²) >= 11 is 0. The number of fused-ring (bicyclic) bond motifs is 1. The summed E-state index contributed by atoms with van der Waals surface area (Å²) < 4.78 is 5.82. The molecule has 0 fully saturated rings. The summed E-state index contributed by atoms with van der Waals surface area (Å²) in [5.74, 6) is 1.09. The summed E-state index contributed by atoms with van der Waals surface area (Å²) in [5, 5.41) is 9.99. The summed E-state index contributed by atoms with van der Waals surface area (Å²) in [5.41, 5.74) is 2.56. The smallest absolute Gasteiger partial charge is 0.180 e. The summed E-state index contributed by atoms with van der Waals surface area (Å²) in [4.78, 5) is 11.9. The van der Waals surface area contributed by atoms with Crippen molar-refractivity contribution in [2.75, 3.05) is 0 Å². The second kappa shape index (κ2) is 3.49. The van der Waals surface area contributed by atoms with Crippen molar-refractivity contribution < 1.29 is 14.6 Å². The number of ketones is 1. The fraction of sp³-hybridized carbons (Fsp3) is 0.500. The fourth-order valence-electron chi connectivity index (χ4n) is 2.21. The number of hydrogen-bond acceptors (Lipinski definition) is 3. The molecule has 0 saturated carbocycles. The molecule has 0 saturated heterocycles. The van der Waals surface area contributed by atoms with Gasteiger partial charge in [0.2, 0.25) is 0 Å². The molecule has 0 unspecified atom stereocenters. The third kappa shape index (κ3) is 1.61. The highest BCUT2D eigenvalue weighted by Crippen LogP contribution is 2.41. The molecule has 0 aromatic heterocycles. The molecule has 0 amide bonds. The minimum atomic E-state index is -0.770. The van der Waals surface area contributed by atoms with Gasteiger partial charge in [0, 0.05) is 12.0 Å². The molecule has 1 aliphatic heterocycles. The zero-order valence-electron chi connectivity index (χ0n) is 11.0. The van der Waals surface area contributed by atoms with Gasteiger partial charge in [0.25, 0.3) is 0 Å². The van der Waals surface area contributed by atoms with Gasteiger partial charge in [-0.1, -0.05) is 0 Å². The van der Waals surface area contributed by atoms with Gasteiger partial charge in [-0.3, -0.25) is 4.79 Å². The van der Waals surface area contributed by atoms with E-state index >= 15 is 0 Å². The number of aromatic hydroxyl groups is 1. The van der Waals surface area contributed by atoms with Crippen LogP contribution in [0.15, 0.2) is 0 Å². The van der Waals surface area contributed by atoms with E-state index in [0.29, 0.717) is 6.42 Å². The van der Waals surface area contributed by atoms with Crippen LogP contribution in [0, 0.1) is 20.8 Å². The number of Topliss-reactive ketones (excluding diaryl/α,β-unsaturated/α-hetero) is 1.